The van der Waals surface area contributed by atoms with Crippen LogP contribution in [0.1, 0.15) is 43.6 Å². The smallest absolute Gasteiger partial charge is 0.142 e. The average molecular weight is 258 g/mol. The summed E-state index contributed by atoms with van der Waals surface area (Å²) in [6, 6.07) is 10.5. The third kappa shape index (κ3) is 5.21. The minimum Gasteiger partial charge on any atom is -0.303 e. The van der Waals surface area contributed by atoms with Gasteiger partial charge in [-0.05, 0) is 30.4 Å². The Hall–Kier alpha value is -1.70. The van der Waals surface area contributed by atoms with Gasteiger partial charge in [-0.2, -0.15) is 0 Å². The molecule has 0 saturated heterocycles. The Morgan fingerprint density at radius 3 is 2.21 bits per heavy atom. The predicted octanol–water partition coefficient (Wildman–Crippen LogP) is 3.92. The van der Waals surface area contributed by atoms with Gasteiger partial charge >= 0.3 is 0 Å². The Bertz CT molecular complexity index is 378. The van der Waals surface area contributed by atoms with Crippen LogP contribution >= 0.6 is 0 Å². The molecule has 1 fully saturated rings. The molecular weight excluding hydrogens is 236 g/mol. The SMILES string of the molecule is C=CC=O.O=CC1CCCCCC1c1ccccc1. The minimum absolute atomic E-state index is 0.245. The minimum atomic E-state index is 0.245. The molecule has 2 unspecified atom stereocenters. The van der Waals surface area contributed by atoms with Gasteiger partial charge in [0.1, 0.15) is 12.6 Å². The first-order chi connectivity index (χ1) is 9.33. The second kappa shape index (κ2) is 9.26. The molecule has 0 bridgehead atoms. The molecule has 19 heavy (non-hydrogen) atoms. The van der Waals surface area contributed by atoms with Crippen molar-refractivity contribution in [2.75, 3.05) is 0 Å². The maximum absolute atomic E-state index is 11.1. The lowest BCUT2D eigenvalue weighted by molar-refractivity contribution is -0.111. The standard InChI is InChI=1S/C14H18O.C3H4O/c15-11-13-9-5-2-6-10-14(13)12-7-3-1-4-8-12;1-2-3-4/h1,3-4,7-8,11,13-14H,2,5-6,9-10H2;2-3H,1H2. The van der Waals surface area contributed by atoms with E-state index in [1.54, 1.807) is 0 Å². The van der Waals surface area contributed by atoms with Gasteiger partial charge in [0.15, 0.2) is 0 Å². The summed E-state index contributed by atoms with van der Waals surface area (Å²) in [5.74, 6) is 0.709. The summed E-state index contributed by atoms with van der Waals surface area (Å²) in [6.45, 7) is 3.11. The van der Waals surface area contributed by atoms with Crippen LogP contribution in [0.25, 0.3) is 0 Å². The summed E-state index contributed by atoms with van der Waals surface area (Å²) in [7, 11) is 0. The van der Waals surface area contributed by atoms with Crippen molar-refractivity contribution in [1.29, 1.82) is 0 Å². The Morgan fingerprint density at radius 2 is 1.63 bits per heavy atom. The molecule has 0 radical (unpaired) electrons. The Balaban J connectivity index is 0.000000399. The molecule has 0 aliphatic heterocycles. The van der Waals surface area contributed by atoms with E-state index < -0.39 is 0 Å². The van der Waals surface area contributed by atoms with Crippen molar-refractivity contribution < 1.29 is 9.59 Å². The van der Waals surface area contributed by atoms with Gasteiger partial charge in [0.05, 0.1) is 0 Å². The van der Waals surface area contributed by atoms with Crippen molar-refractivity contribution in [3.8, 4) is 0 Å². The van der Waals surface area contributed by atoms with Crippen LogP contribution in [-0.2, 0) is 9.59 Å². The molecule has 0 N–H and O–H groups in total. The van der Waals surface area contributed by atoms with Crippen LogP contribution in [-0.4, -0.2) is 12.6 Å². The van der Waals surface area contributed by atoms with E-state index >= 15 is 0 Å². The third-order valence-electron chi connectivity index (χ3n) is 3.57. The van der Waals surface area contributed by atoms with Gasteiger partial charge in [-0.3, -0.25) is 4.79 Å². The van der Waals surface area contributed by atoms with Crippen molar-refractivity contribution in [3.63, 3.8) is 0 Å². The lowest BCUT2D eigenvalue weighted by atomic mass is 9.83. The van der Waals surface area contributed by atoms with E-state index in [1.165, 1.54) is 43.6 Å². The highest BCUT2D eigenvalue weighted by molar-refractivity contribution is 5.63. The van der Waals surface area contributed by atoms with Crippen LogP contribution in [0.5, 0.6) is 0 Å². The summed E-state index contributed by atoms with van der Waals surface area (Å²) in [5, 5.41) is 0. The second-order valence-electron chi connectivity index (χ2n) is 4.83. The highest BCUT2D eigenvalue weighted by Gasteiger charge is 2.24. The van der Waals surface area contributed by atoms with Gasteiger partial charge in [0.2, 0.25) is 0 Å². The van der Waals surface area contributed by atoms with Crippen LogP contribution in [0.4, 0.5) is 0 Å². The number of allylic oxidation sites excluding steroid dienone is 1. The van der Waals surface area contributed by atoms with Gasteiger partial charge in [0.25, 0.3) is 0 Å². The van der Waals surface area contributed by atoms with Crippen LogP contribution in [0.15, 0.2) is 43.0 Å². The van der Waals surface area contributed by atoms with Gasteiger partial charge < -0.3 is 4.79 Å². The summed E-state index contributed by atoms with van der Waals surface area (Å²) in [5.41, 5.74) is 1.34. The highest BCUT2D eigenvalue weighted by Crippen LogP contribution is 2.35. The van der Waals surface area contributed by atoms with Gasteiger partial charge in [-0.1, -0.05) is 56.2 Å². The first-order valence-corrected chi connectivity index (χ1v) is 6.90. The van der Waals surface area contributed by atoms with Crippen LogP contribution in [0, 0.1) is 5.92 Å². The third-order valence-corrected chi connectivity index (χ3v) is 3.57. The normalized spacial score (nSPS) is 22.3. The summed E-state index contributed by atoms with van der Waals surface area (Å²) >= 11 is 0. The number of rotatable bonds is 3. The number of aldehydes is 2. The first-order valence-electron chi connectivity index (χ1n) is 6.90. The first kappa shape index (κ1) is 15.4. The van der Waals surface area contributed by atoms with Gasteiger partial charge in [-0.15, -0.1) is 0 Å². The van der Waals surface area contributed by atoms with Crippen LogP contribution < -0.4 is 0 Å². The molecule has 102 valence electrons. The summed E-state index contributed by atoms with van der Waals surface area (Å²) in [6.07, 6.45) is 9.02. The summed E-state index contributed by atoms with van der Waals surface area (Å²) in [4.78, 5) is 20.2. The molecule has 0 aromatic heterocycles. The van der Waals surface area contributed by atoms with Crippen LogP contribution in [0.2, 0.25) is 0 Å². The molecule has 2 nitrogen and oxygen atoms in total. The number of benzene rings is 1. The van der Waals surface area contributed by atoms with Gasteiger partial charge in [-0.25, -0.2) is 0 Å². The van der Waals surface area contributed by atoms with E-state index in [-0.39, 0.29) is 5.92 Å². The van der Waals surface area contributed by atoms with Crippen LogP contribution in [0.3, 0.4) is 0 Å². The lowest BCUT2D eigenvalue weighted by Gasteiger charge is -2.20. The van der Waals surface area contributed by atoms with Crippen molar-refractivity contribution in [3.05, 3.63) is 48.6 Å². The van der Waals surface area contributed by atoms with Crippen molar-refractivity contribution in [2.24, 2.45) is 5.92 Å². The zero-order chi connectivity index (χ0) is 13.9. The molecule has 2 rings (SSSR count). The van der Waals surface area contributed by atoms with Crippen molar-refractivity contribution in [1.82, 2.24) is 0 Å². The maximum Gasteiger partial charge on any atom is 0.142 e. The molecule has 0 spiro atoms. The largest absolute Gasteiger partial charge is 0.303 e. The topological polar surface area (TPSA) is 34.1 Å². The summed E-state index contributed by atoms with van der Waals surface area (Å²) < 4.78 is 0. The average Bonchev–Trinajstić information content (AvgIpc) is 2.73. The molecule has 1 aromatic rings. The fraction of sp³-hybridized carbons (Fsp3) is 0.412. The highest BCUT2D eigenvalue weighted by atomic mass is 16.1. The fourth-order valence-corrected chi connectivity index (χ4v) is 2.61. The molecule has 1 aliphatic rings. The Labute approximate surface area is 115 Å². The molecule has 2 atom stereocenters. The number of carbonyl (C=O) groups excluding carboxylic acids is 2. The van der Waals surface area contributed by atoms with E-state index in [9.17, 15) is 4.79 Å². The Morgan fingerprint density at radius 1 is 1.00 bits per heavy atom. The fourth-order valence-electron chi connectivity index (χ4n) is 2.61. The van der Waals surface area contributed by atoms with Crippen molar-refractivity contribution in [2.45, 2.75) is 38.0 Å². The monoisotopic (exact) mass is 258 g/mol. The Kier molecular flexibility index (Phi) is 7.48. The van der Waals surface area contributed by atoms with Gasteiger partial charge in [0, 0.05) is 5.92 Å². The maximum atomic E-state index is 11.1. The molecule has 1 aliphatic carbocycles. The number of hydrogen-bond acceptors (Lipinski definition) is 2. The zero-order valence-electron chi connectivity index (χ0n) is 11.3. The van der Waals surface area contributed by atoms with E-state index in [2.05, 4.69) is 30.8 Å². The lowest BCUT2D eigenvalue weighted by Crippen LogP contribution is -2.12. The molecule has 1 saturated carbocycles. The number of carbonyl (C=O) groups is 2. The second-order valence-corrected chi connectivity index (χ2v) is 4.83. The molecule has 0 amide bonds. The quantitative estimate of drug-likeness (QED) is 0.468. The molecule has 1 aromatic carbocycles. The molecular formula is C17H22O2. The zero-order valence-corrected chi connectivity index (χ0v) is 11.3. The van der Waals surface area contributed by atoms with Crippen molar-refractivity contribution >= 4 is 12.6 Å². The van der Waals surface area contributed by atoms with E-state index in [0.29, 0.717) is 12.2 Å². The van der Waals surface area contributed by atoms with E-state index in [4.69, 9.17) is 4.79 Å². The molecule has 0 heterocycles. The predicted molar refractivity (Wildman–Crippen MR) is 78.1 cm³/mol. The molecule has 2 heteroatoms. The number of hydrogen-bond donors (Lipinski definition) is 0. The van der Waals surface area contributed by atoms with E-state index in [0.717, 1.165) is 6.42 Å². The van der Waals surface area contributed by atoms with E-state index in [1.807, 2.05) is 6.07 Å².